The van der Waals surface area contributed by atoms with Gasteiger partial charge in [-0.1, -0.05) is 13.8 Å². The zero-order valence-corrected chi connectivity index (χ0v) is 11.4. The number of hydrogen-bond donors (Lipinski definition) is 2. The van der Waals surface area contributed by atoms with E-state index in [4.69, 9.17) is 15.9 Å². The van der Waals surface area contributed by atoms with Gasteiger partial charge in [0.2, 0.25) is 0 Å². The Bertz CT molecular complexity index is 141. The molecule has 0 aromatic carbocycles. The van der Waals surface area contributed by atoms with Gasteiger partial charge in [0.1, 0.15) is 0 Å². The first-order valence-electron chi connectivity index (χ1n) is 6.28. The van der Waals surface area contributed by atoms with Crippen molar-refractivity contribution in [3.8, 4) is 0 Å². The van der Waals surface area contributed by atoms with Crippen molar-refractivity contribution < 1.29 is 4.43 Å². The third kappa shape index (κ3) is 6.30. The third-order valence-electron chi connectivity index (χ3n) is 3.13. The van der Waals surface area contributed by atoms with E-state index in [2.05, 4.69) is 13.8 Å². The van der Waals surface area contributed by atoms with Crippen molar-refractivity contribution in [1.82, 2.24) is 0 Å². The first-order chi connectivity index (χ1) is 7.24. The number of unbranched alkanes of at least 4 members (excludes halogenated alkanes) is 1. The number of nitrogens with two attached hydrogens (primary N) is 2. The molecule has 0 unspecified atom stereocenters. The van der Waals surface area contributed by atoms with Crippen LogP contribution in [0.2, 0.25) is 18.1 Å². The van der Waals surface area contributed by atoms with Gasteiger partial charge < -0.3 is 15.9 Å². The molecule has 0 bridgehead atoms. The topological polar surface area (TPSA) is 61.3 Å². The van der Waals surface area contributed by atoms with Gasteiger partial charge >= 0.3 is 0 Å². The van der Waals surface area contributed by atoms with Gasteiger partial charge in [0.15, 0.2) is 8.32 Å². The third-order valence-corrected chi connectivity index (χ3v) is 7.79. The number of hydrogen-bond acceptors (Lipinski definition) is 3. The highest BCUT2D eigenvalue weighted by atomic mass is 28.4. The van der Waals surface area contributed by atoms with Crippen LogP contribution < -0.4 is 11.5 Å². The van der Waals surface area contributed by atoms with Crippen molar-refractivity contribution in [2.75, 3.05) is 19.7 Å². The molecule has 0 radical (unpaired) electrons. The maximum absolute atomic E-state index is 6.16. The molecule has 0 saturated heterocycles. The van der Waals surface area contributed by atoms with Crippen molar-refractivity contribution >= 4 is 8.32 Å². The molecule has 4 N–H and O–H groups in total. The molecule has 0 aliphatic heterocycles. The Hall–Kier alpha value is 0.0969. The maximum atomic E-state index is 6.16. The molecule has 0 atom stereocenters. The van der Waals surface area contributed by atoms with E-state index in [-0.39, 0.29) is 0 Å². The van der Waals surface area contributed by atoms with Gasteiger partial charge in [-0.15, -0.1) is 0 Å². The molecule has 0 heterocycles. The van der Waals surface area contributed by atoms with E-state index in [1.54, 1.807) is 0 Å². The van der Waals surface area contributed by atoms with E-state index >= 15 is 0 Å². The van der Waals surface area contributed by atoms with Crippen molar-refractivity contribution in [3.63, 3.8) is 0 Å². The van der Waals surface area contributed by atoms with Crippen LogP contribution in [-0.2, 0) is 4.43 Å². The minimum absolute atomic E-state index is 0.777. The van der Waals surface area contributed by atoms with Gasteiger partial charge in [-0.3, -0.25) is 0 Å². The highest BCUT2D eigenvalue weighted by Gasteiger charge is 2.29. The van der Waals surface area contributed by atoms with Gasteiger partial charge in [-0.05, 0) is 50.5 Å². The average molecular weight is 232 g/mol. The first kappa shape index (κ1) is 15.1. The smallest absolute Gasteiger partial charge is 0.192 e. The maximum Gasteiger partial charge on any atom is 0.192 e. The zero-order valence-electron chi connectivity index (χ0n) is 10.4. The second kappa shape index (κ2) is 9.33. The Balaban J connectivity index is 3.88. The van der Waals surface area contributed by atoms with Crippen LogP contribution >= 0.6 is 0 Å². The minimum atomic E-state index is -1.44. The summed E-state index contributed by atoms with van der Waals surface area (Å²) in [5.41, 5.74) is 11.0. The molecule has 15 heavy (non-hydrogen) atoms. The summed E-state index contributed by atoms with van der Waals surface area (Å²) < 4.78 is 6.16. The molecule has 0 aliphatic carbocycles. The SMILES string of the molecule is CC[Si](CC)(CCCN)OCCCCN. The highest BCUT2D eigenvalue weighted by molar-refractivity contribution is 6.73. The second-order valence-electron chi connectivity index (χ2n) is 4.13. The molecule has 3 nitrogen and oxygen atoms in total. The van der Waals surface area contributed by atoms with E-state index in [0.717, 1.165) is 39.0 Å². The summed E-state index contributed by atoms with van der Waals surface area (Å²) in [6.07, 6.45) is 3.30. The summed E-state index contributed by atoms with van der Waals surface area (Å²) in [6, 6.07) is 3.65. The summed E-state index contributed by atoms with van der Waals surface area (Å²) >= 11 is 0. The Labute approximate surface area is 95.7 Å². The Morgan fingerprint density at radius 1 is 0.933 bits per heavy atom. The van der Waals surface area contributed by atoms with Crippen molar-refractivity contribution in [3.05, 3.63) is 0 Å². The van der Waals surface area contributed by atoms with Gasteiger partial charge in [0.25, 0.3) is 0 Å². The van der Waals surface area contributed by atoms with Gasteiger partial charge in [-0.25, -0.2) is 0 Å². The molecule has 0 aromatic rings. The van der Waals surface area contributed by atoms with Gasteiger partial charge in [-0.2, -0.15) is 0 Å². The lowest BCUT2D eigenvalue weighted by molar-refractivity contribution is 0.289. The average Bonchev–Trinajstić information content (AvgIpc) is 2.29. The van der Waals surface area contributed by atoms with Gasteiger partial charge in [0.05, 0.1) is 0 Å². The lowest BCUT2D eigenvalue weighted by atomic mass is 10.3. The van der Waals surface area contributed by atoms with Crippen LogP contribution in [0, 0.1) is 0 Å². The largest absolute Gasteiger partial charge is 0.417 e. The molecule has 0 aromatic heterocycles. The summed E-state index contributed by atoms with van der Waals surface area (Å²) in [4.78, 5) is 0. The van der Waals surface area contributed by atoms with Crippen LogP contribution in [0.1, 0.15) is 33.1 Å². The van der Waals surface area contributed by atoms with Crippen LogP contribution in [0.15, 0.2) is 0 Å². The molecule has 0 spiro atoms. The molecular weight excluding hydrogens is 204 g/mol. The fraction of sp³-hybridized carbons (Fsp3) is 1.00. The summed E-state index contributed by atoms with van der Waals surface area (Å²) in [6.45, 7) is 6.99. The quantitative estimate of drug-likeness (QED) is 0.448. The lowest BCUT2D eigenvalue weighted by Crippen LogP contribution is -2.37. The molecule has 0 saturated carbocycles. The lowest BCUT2D eigenvalue weighted by Gasteiger charge is -2.29. The minimum Gasteiger partial charge on any atom is -0.417 e. The Morgan fingerprint density at radius 2 is 1.53 bits per heavy atom. The second-order valence-corrected chi connectivity index (χ2v) is 8.70. The van der Waals surface area contributed by atoms with Crippen molar-refractivity contribution in [1.29, 1.82) is 0 Å². The van der Waals surface area contributed by atoms with E-state index in [1.807, 2.05) is 0 Å². The molecule has 0 rings (SSSR count). The summed E-state index contributed by atoms with van der Waals surface area (Å²) in [7, 11) is -1.44. The summed E-state index contributed by atoms with van der Waals surface area (Å²) in [5, 5.41) is 0. The molecule has 92 valence electrons. The highest BCUT2D eigenvalue weighted by Crippen LogP contribution is 2.23. The van der Waals surface area contributed by atoms with Gasteiger partial charge in [0, 0.05) is 6.61 Å². The van der Waals surface area contributed by atoms with E-state index in [0.29, 0.717) is 0 Å². The number of rotatable bonds is 10. The van der Waals surface area contributed by atoms with E-state index < -0.39 is 8.32 Å². The fourth-order valence-corrected chi connectivity index (χ4v) is 5.02. The zero-order chi connectivity index (χ0) is 11.6. The normalized spacial score (nSPS) is 12.0. The predicted octanol–water partition coefficient (Wildman–Crippen LogP) is 2.08. The van der Waals surface area contributed by atoms with Crippen LogP contribution in [0.5, 0.6) is 0 Å². The van der Waals surface area contributed by atoms with Crippen molar-refractivity contribution in [2.45, 2.75) is 51.2 Å². The van der Waals surface area contributed by atoms with Crippen LogP contribution in [0.4, 0.5) is 0 Å². The summed E-state index contributed by atoms with van der Waals surface area (Å²) in [5.74, 6) is 0. The molecule has 0 fully saturated rings. The van der Waals surface area contributed by atoms with Crippen molar-refractivity contribution in [2.24, 2.45) is 11.5 Å². The molecular formula is C11H28N2OSi. The van der Waals surface area contributed by atoms with E-state index in [1.165, 1.54) is 18.1 Å². The molecule has 4 heteroatoms. The van der Waals surface area contributed by atoms with Crippen LogP contribution in [0.3, 0.4) is 0 Å². The first-order valence-corrected chi connectivity index (χ1v) is 8.81. The fourth-order valence-electron chi connectivity index (χ4n) is 1.84. The Kier molecular flexibility index (Phi) is 9.39. The van der Waals surface area contributed by atoms with E-state index in [9.17, 15) is 0 Å². The van der Waals surface area contributed by atoms with Crippen LogP contribution in [0.25, 0.3) is 0 Å². The monoisotopic (exact) mass is 232 g/mol. The van der Waals surface area contributed by atoms with Crippen LogP contribution in [-0.4, -0.2) is 28.0 Å². The standard InChI is InChI=1S/C11H28N2OSi/c1-3-15(4-2,11-7-9-13)14-10-6-5-8-12/h3-13H2,1-2H3. The molecule has 0 aliphatic rings. The predicted molar refractivity (Wildman–Crippen MR) is 69.4 cm³/mol. The molecule has 0 amide bonds. The Morgan fingerprint density at radius 3 is 2.00 bits per heavy atom.